The van der Waals surface area contributed by atoms with Crippen LogP contribution in [0.2, 0.25) is 0 Å². The molecule has 0 bridgehead atoms. The first-order chi connectivity index (χ1) is 7.71. The Morgan fingerprint density at radius 3 is 2.56 bits per heavy atom. The molecule has 0 fully saturated rings. The van der Waals surface area contributed by atoms with Crippen LogP contribution in [-0.4, -0.2) is 13.4 Å². The smallest absolute Gasteiger partial charge is 0.336 e. The Balaban J connectivity index is 0.000000386. The molecule has 4 nitrogen and oxygen atoms in total. The number of methoxy groups -OCH3 is 1. The van der Waals surface area contributed by atoms with Gasteiger partial charge in [0.25, 0.3) is 0 Å². The normalized spacial score (nSPS) is 9.12. The van der Waals surface area contributed by atoms with Crippen molar-refractivity contribution in [2.45, 2.75) is 6.92 Å². The number of hydrogen-bond acceptors (Lipinski definition) is 4. The zero-order valence-corrected chi connectivity index (χ0v) is 9.10. The number of fused-ring (bicyclic) bond motifs is 1. The largest absolute Gasteiger partial charge is 0.497 e. The van der Waals surface area contributed by atoms with Crippen molar-refractivity contribution in [3.8, 4) is 5.75 Å². The molecule has 1 aromatic carbocycles. The van der Waals surface area contributed by atoms with Gasteiger partial charge < -0.3 is 13.9 Å². The SMILES string of the molecule is CC=O.COc1ccc2oc(=O)ccc2c1. The molecule has 1 aromatic heterocycles. The van der Waals surface area contributed by atoms with E-state index < -0.39 is 0 Å². The fourth-order valence-corrected chi connectivity index (χ4v) is 1.18. The number of rotatable bonds is 1. The topological polar surface area (TPSA) is 56.5 Å². The maximum atomic E-state index is 10.8. The Hall–Kier alpha value is -2.10. The van der Waals surface area contributed by atoms with Gasteiger partial charge in [0.1, 0.15) is 17.6 Å². The second-order valence-electron chi connectivity index (χ2n) is 2.89. The van der Waals surface area contributed by atoms with Crippen molar-refractivity contribution >= 4 is 17.3 Å². The Labute approximate surface area is 92.5 Å². The molecule has 0 saturated heterocycles. The minimum absolute atomic E-state index is 0.335. The molecule has 0 amide bonds. The van der Waals surface area contributed by atoms with Crippen molar-refractivity contribution in [1.29, 1.82) is 0 Å². The molecule has 2 aromatic rings. The van der Waals surface area contributed by atoms with Gasteiger partial charge in [0.2, 0.25) is 0 Å². The summed E-state index contributed by atoms with van der Waals surface area (Å²) in [4.78, 5) is 19.6. The van der Waals surface area contributed by atoms with Crippen LogP contribution in [0.15, 0.2) is 39.5 Å². The van der Waals surface area contributed by atoms with E-state index in [2.05, 4.69) is 0 Å². The first kappa shape index (κ1) is 12.0. The van der Waals surface area contributed by atoms with E-state index in [-0.39, 0.29) is 5.63 Å². The van der Waals surface area contributed by atoms with Gasteiger partial charge >= 0.3 is 5.63 Å². The van der Waals surface area contributed by atoms with E-state index in [9.17, 15) is 4.79 Å². The number of ether oxygens (including phenoxy) is 1. The average Bonchev–Trinajstić information content (AvgIpc) is 2.29. The van der Waals surface area contributed by atoms with Crippen LogP contribution in [0.5, 0.6) is 5.75 Å². The minimum atomic E-state index is -0.335. The molecule has 0 unspecified atom stereocenters. The molecule has 4 heteroatoms. The molecule has 0 radical (unpaired) electrons. The molecule has 2 rings (SSSR count). The van der Waals surface area contributed by atoms with Crippen LogP contribution in [0.1, 0.15) is 6.92 Å². The van der Waals surface area contributed by atoms with Crippen molar-refractivity contribution in [1.82, 2.24) is 0 Å². The molecule has 0 spiro atoms. The third-order valence-electron chi connectivity index (χ3n) is 1.83. The molecule has 0 aliphatic heterocycles. The van der Waals surface area contributed by atoms with Crippen molar-refractivity contribution in [2.75, 3.05) is 7.11 Å². The van der Waals surface area contributed by atoms with Crippen LogP contribution < -0.4 is 10.4 Å². The van der Waals surface area contributed by atoms with Crippen LogP contribution in [0, 0.1) is 0 Å². The van der Waals surface area contributed by atoms with Crippen LogP contribution >= 0.6 is 0 Å². The summed E-state index contributed by atoms with van der Waals surface area (Å²) >= 11 is 0. The highest BCUT2D eigenvalue weighted by molar-refractivity contribution is 5.77. The molecule has 1 heterocycles. The lowest BCUT2D eigenvalue weighted by Crippen LogP contribution is -1.94. The second kappa shape index (κ2) is 5.70. The Morgan fingerprint density at radius 1 is 1.25 bits per heavy atom. The lowest BCUT2D eigenvalue weighted by atomic mass is 10.2. The van der Waals surface area contributed by atoms with Gasteiger partial charge in [-0.2, -0.15) is 0 Å². The number of benzene rings is 1. The predicted molar refractivity (Wildman–Crippen MR) is 60.8 cm³/mol. The maximum Gasteiger partial charge on any atom is 0.336 e. The molecular formula is C12H12O4. The zero-order valence-electron chi connectivity index (χ0n) is 9.10. The lowest BCUT2D eigenvalue weighted by Gasteiger charge is -1.99. The summed E-state index contributed by atoms with van der Waals surface area (Å²) in [6.45, 7) is 1.44. The first-order valence-corrected chi connectivity index (χ1v) is 4.69. The summed E-state index contributed by atoms with van der Waals surface area (Å²) in [6, 6.07) is 8.39. The minimum Gasteiger partial charge on any atom is -0.497 e. The van der Waals surface area contributed by atoms with E-state index in [1.54, 1.807) is 25.3 Å². The van der Waals surface area contributed by atoms with Crippen LogP contribution in [-0.2, 0) is 4.79 Å². The molecule has 84 valence electrons. The van der Waals surface area contributed by atoms with Gasteiger partial charge in [-0.3, -0.25) is 0 Å². The number of aldehydes is 1. The highest BCUT2D eigenvalue weighted by Crippen LogP contribution is 2.18. The molecule has 0 aliphatic carbocycles. The Bertz CT molecular complexity index is 528. The van der Waals surface area contributed by atoms with E-state index in [1.165, 1.54) is 13.0 Å². The van der Waals surface area contributed by atoms with E-state index >= 15 is 0 Å². The highest BCUT2D eigenvalue weighted by atomic mass is 16.5. The van der Waals surface area contributed by atoms with Crippen molar-refractivity contribution in [2.24, 2.45) is 0 Å². The third-order valence-corrected chi connectivity index (χ3v) is 1.83. The van der Waals surface area contributed by atoms with Gasteiger partial charge in [-0.25, -0.2) is 4.79 Å². The number of carbonyl (C=O) groups excluding carboxylic acids is 1. The molecule has 0 saturated carbocycles. The van der Waals surface area contributed by atoms with Crippen molar-refractivity contribution in [3.05, 3.63) is 40.8 Å². The number of hydrogen-bond donors (Lipinski definition) is 0. The van der Waals surface area contributed by atoms with E-state index in [4.69, 9.17) is 13.9 Å². The van der Waals surface area contributed by atoms with Gasteiger partial charge in [-0.05, 0) is 31.2 Å². The van der Waals surface area contributed by atoms with Gasteiger partial charge in [0.15, 0.2) is 0 Å². The Kier molecular flexibility index (Phi) is 4.27. The van der Waals surface area contributed by atoms with Gasteiger partial charge in [0.05, 0.1) is 7.11 Å². The lowest BCUT2D eigenvalue weighted by molar-refractivity contribution is -0.106. The van der Waals surface area contributed by atoms with E-state index in [0.717, 1.165) is 17.4 Å². The summed E-state index contributed by atoms with van der Waals surface area (Å²) in [5.41, 5.74) is 0.242. The fourth-order valence-electron chi connectivity index (χ4n) is 1.18. The monoisotopic (exact) mass is 220 g/mol. The average molecular weight is 220 g/mol. The second-order valence-corrected chi connectivity index (χ2v) is 2.89. The van der Waals surface area contributed by atoms with Gasteiger partial charge in [-0.15, -0.1) is 0 Å². The zero-order chi connectivity index (χ0) is 12.0. The summed E-state index contributed by atoms with van der Waals surface area (Å²) < 4.78 is 9.98. The summed E-state index contributed by atoms with van der Waals surface area (Å²) in [6.07, 6.45) is 0.750. The standard InChI is InChI=1S/C10H8O3.C2H4O/c1-12-8-3-4-9-7(6-8)2-5-10(11)13-9;1-2-3/h2-6H,1H3;2H,1H3. The van der Waals surface area contributed by atoms with Crippen molar-refractivity contribution in [3.63, 3.8) is 0 Å². The molecule has 0 N–H and O–H groups in total. The van der Waals surface area contributed by atoms with E-state index in [0.29, 0.717) is 5.58 Å². The van der Waals surface area contributed by atoms with E-state index in [1.807, 2.05) is 6.07 Å². The summed E-state index contributed by atoms with van der Waals surface area (Å²) in [5.74, 6) is 0.751. The third kappa shape index (κ3) is 2.95. The summed E-state index contributed by atoms with van der Waals surface area (Å²) in [5, 5.41) is 0.860. The molecule has 0 aliphatic rings. The molecule has 0 atom stereocenters. The fraction of sp³-hybridized carbons (Fsp3) is 0.167. The highest BCUT2D eigenvalue weighted by Gasteiger charge is 1.97. The Morgan fingerprint density at radius 2 is 1.94 bits per heavy atom. The van der Waals surface area contributed by atoms with Crippen molar-refractivity contribution < 1.29 is 13.9 Å². The molecular weight excluding hydrogens is 208 g/mol. The van der Waals surface area contributed by atoms with Crippen LogP contribution in [0.25, 0.3) is 11.0 Å². The molecule has 16 heavy (non-hydrogen) atoms. The van der Waals surface area contributed by atoms with Crippen LogP contribution in [0.4, 0.5) is 0 Å². The van der Waals surface area contributed by atoms with Gasteiger partial charge in [0, 0.05) is 11.5 Å². The maximum absolute atomic E-state index is 10.8. The number of carbonyl (C=O) groups is 1. The first-order valence-electron chi connectivity index (χ1n) is 4.69. The predicted octanol–water partition coefficient (Wildman–Crippen LogP) is 2.01. The summed E-state index contributed by atoms with van der Waals surface area (Å²) in [7, 11) is 1.60. The van der Waals surface area contributed by atoms with Gasteiger partial charge in [-0.1, -0.05) is 0 Å². The van der Waals surface area contributed by atoms with Crippen LogP contribution in [0.3, 0.4) is 0 Å². The quantitative estimate of drug-likeness (QED) is 0.545.